The molecule has 2 aliphatic heterocycles. The molecule has 0 unspecified atom stereocenters. The number of likely N-dealkylation sites (tertiary alicyclic amines) is 1. The molecule has 5 nitrogen and oxygen atoms in total. The van der Waals surface area contributed by atoms with Crippen molar-refractivity contribution in [1.29, 1.82) is 0 Å². The number of aromatic nitrogens is 1. The van der Waals surface area contributed by atoms with E-state index in [1.54, 1.807) is 18.3 Å². The fourth-order valence-electron chi connectivity index (χ4n) is 5.10. The molecule has 0 bridgehead atoms. The Morgan fingerprint density at radius 3 is 2.76 bits per heavy atom. The first-order valence-corrected chi connectivity index (χ1v) is 12.1. The van der Waals surface area contributed by atoms with E-state index in [2.05, 4.69) is 16.0 Å². The average molecular weight is 460 g/mol. The zero-order valence-corrected chi connectivity index (χ0v) is 19.3. The van der Waals surface area contributed by atoms with E-state index >= 15 is 0 Å². The van der Waals surface area contributed by atoms with Crippen LogP contribution in [0.1, 0.15) is 54.5 Å². The lowest BCUT2D eigenvalue weighted by molar-refractivity contribution is -0.135. The molecule has 1 amide bonds. The van der Waals surface area contributed by atoms with Gasteiger partial charge in [-0.25, -0.2) is 4.39 Å². The van der Waals surface area contributed by atoms with Crippen LogP contribution in [0.5, 0.6) is 5.75 Å². The SMILES string of the molecule is O=C(CCN1Cc2ccccc2O[C@@H](c2ccccc2F)C1)N1CCCC[C@@H]1c1cccnc1. The number of pyridine rings is 1. The van der Waals surface area contributed by atoms with Crippen molar-refractivity contribution >= 4 is 5.91 Å². The van der Waals surface area contributed by atoms with Gasteiger partial charge in [-0.1, -0.05) is 42.5 Å². The number of piperidine rings is 1. The molecule has 1 fully saturated rings. The van der Waals surface area contributed by atoms with Crippen LogP contribution in [0.25, 0.3) is 0 Å². The third kappa shape index (κ3) is 4.97. The molecular formula is C28H30FN3O2. The summed E-state index contributed by atoms with van der Waals surface area (Å²) < 4.78 is 20.9. The molecule has 6 heteroatoms. The van der Waals surface area contributed by atoms with E-state index < -0.39 is 6.10 Å². The second-order valence-corrected chi connectivity index (χ2v) is 9.11. The number of hydrogen-bond donors (Lipinski definition) is 0. The van der Waals surface area contributed by atoms with Crippen molar-refractivity contribution in [3.05, 3.63) is 95.6 Å². The molecule has 0 radical (unpaired) electrons. The quantitative estimate of drug-likeness (QED) is 0.519. The molecule has 0 aliphatic carbocycles. The molecule has 5 rings (SSSR count). The first-order valence-electron chi connectivity index (χ1n) is 12.1. The molecule has 2 aromatic carbocycles. The van der Waals surface area contributed by atoms with Crippen LogP contribution in [0.3, 0.4) is 0 Å². The Morgan fingerprint density at radius 2 is 1.91 bits per heavy atom. The smallest absolute Gasteiger partial charge is 0.224 e. The molecule has 176 valence electrons. The van der Waals surface area contributed by atoms with Gasteiger partial charge in [0.2, 0.25) is 5.91 Å². The number of ether oxygens (including phenoxy) is 1. The molecule has 2 aliphatic rings. The van der Waals surface area contributed by atoms with Crippen LogP contribution in [0.15, 0.2) is 73.1 Å². The summed E-state index contributed by atoms with van der Waals surface area (Å²) >= 11 is 0. The van der Waals surface area contributed by atoms with Crippen molar-refractivity contribution in [3.63, 3.8) is 0 Å². The van der Waals surface area contributed by atoms with Crippen LogP contribution in [-0.2, 0) is 11.3 Å². The zero-order valence-electron chi connectivity index (χ0n) is 19.3. The summed E-state index contributed by atoms with van der Waals surface area (Å²) in [6, 6.07) is 18.8. The molecule has 2 atom stereocenters. The lowest BCUT2D eigenvalue weighted by Gasteiger charge is -2.36. The van der Waals surface area contributed by atoms with Crippen LogP contribution < -0.4 is 4.74 Å². The number of hydrogen-bond acceptors (Lipinski definition) is 4. The number of benzene rings is 2. The molecule has 0 spiro atoms. The van der Waals surface area contributed by atoms with Crippen LogP contribution in [0.4, 0.5) is 4.39 Å². The third-order valence-electron chi connectivity index (χ3n) is 6.85. The van der Waals surface area contributed by atoms with E-state index in [-0.39, 0.29) is 17.8 Å². The van der Waals surface area contributed by atoms with E-state index in [0.717, 1.165) is 42.7 Å². The number of fused-ring (bicyclic) bond motifs is 1. The Kier molecular flexibility index (Phi) is 6.86. The van der Waals surface area contributed by atoms with Gasteiger partial charge in [0.05, 0.1) is 6.04 Å². The summed E-state index contributed by atoms with van der Waals surface area (Å²) in [6.45, 7) is 2.56. The minimum absolute atomic E-state index is 0.0920. The maximum Gasteiger partial charge on any atom is 0.224 e. The van der Waals surface area contributed by atoms with Crippen LogP contribution in [0.2, 0.25) is 0 Å². The summed E-state index contributed by atoms with van der Waals surface area (Å²) in [4.78, 5) is 21.8. The van der Waals surface area contributed by atoms with Gasteiger partial charge in [0.1, 0.15) is 17.7 Å². The van der Waals surface area contributed by atoms with E-state index in [4.69, 9.17) is 4.74 Å². The average Bonchev–Trinajstić information content (AvgIpc) is 3.07. The van der Waals surface area contributed by atoms with Crippen LogP contribution in [-0.4, -0.2) is 40.3 Å². The van der Waals surface area contributed by atoms with Crippen molar-refractivity contribution in [2.45, 2.75) is 44.4 Å². The second-order valence-electron chi connectivity index (χ2n) is 9.11. The highest BCUT2D eigenvalue weighted by Crippen LogP contribution is 2.33. The maximum absolute atomic E-state index is 14.6. The lowest BCUT2D eigenvalue weighted by Crippen LogP contribution is -2.40. The summed E-state index contributed by atoms with van der Waals surface area (Å²) in [6.07, 6.45) is 6.75. The predicted octanol–water partition coefficient (Wildman–Crippen LogP) is 5.30. The first-order chi connectivity index (χ1) is 16.7. The third-order valence-corrected chi connectivity index (χ3v) is 6.85. The number of rotatable bonds is 5. The molecule has 34 heavy (non-hydrogen) atoms. The number of carbonyl (C=O) groups excluding carboxylic acids is 1. The van der Waals surface area contributed by atoms with Crippen molar-refractivity contribution in [2.24, 2.45) is 0 Å². The van der Waals surface area contributed by atoms with E-state index in [1.165, 1.54) is 6.07 Å². The number of nitrogens with zero attached hydrogens (tertiary/aromatic N) is 3. The van der Waals surface area contributed by atoms with Gasteiger partial charge < -0.3 is 9.64 Å². The van der Waals surface area contributed by atoms with Crippen molar-refractivity contribution in [1.82, 2.24) is 14.8 Å². The second kappa shape index (κ2) is 10.3. The Morgan fingerprint density at radius 1 is 1.06 bits per heavy atom. The molecule has 1 saturated heterocycles. The van der Waals surface area contributed by atoms with Gasteiger partial charge in [-0.05, 0) is 43.0 Å². The molecule has 3 heterocycles. The van der Waals surface area contributed by atoms with Crippen LogP contribution in [0, 0.1) is 5.82 Å². The van der Waals surface area contributed by atoms with Gasteiger partial charge in [0, 0.05) is 56.1 Å². The topological polar surface area (TPSA) is 45.7 Å². The number of para-hydroxylation sites is 1. The number of carbonyl (C=O) groups is 1. The minimum atomic E-state index is -0.432. The molecule has 0 saturated carbocycles. The fraction of sp³-hybridized carbons (Fsp3) is 0.357. The minimum Gasteiger partial charge on any atom is -0.484 e. The van der Waals surface area contributed by atoms with E-state index in [0.29, 0.717) is 31.6 Å². The van der Waals surface area contributed by atoms with Gasteiger partial charge in [-0.2, -0.15) is 0 Å². The van der Waals surface area contributed by atoms with Gasteiger partial charge >= 0.3 is 0 Å². The van der Waals surface area contributed by atoms with Crippen molar-refractivity contribution in [3.8, 4) is 5.75 Å². The normalized spacial score (nSPS) is 20.8. The predicted molar refractivity (Wildman–Crippen MR) is 129 cm³/mol. The van der Waals surface area contributed by atoms with Gasteiger partial charge in [-0.3, -0.25) is 14.7 Å². The Labute approximate surface area is 200 Å². The maximum atomic E-state index is 14.6. The highest BCUT2D eigenvalue weighted by Gasteiger charge is 2.30. The van der Waals surface area contributed by atoms with E-state index in [9.17, 15) is 9.18 Å². The molecule has 3 aromatic rings. The fourth-order valence-corrected chi connectivity index (χ4v) is 5.10. The lowest BCUT2D eigenvalue weighted by atomic mass is 9.96. The molecule has 0 N–H and O–H groups in total. The van der Waals surface area contributed by atoms with Gasteiger partial charge in [0.15, 0.2) is 0 Å². The van der Waals surface area contributed by atoms with Gasteiger partial charge in [0.25, 0.3) is 0 Å². The number of amides is 1. The number of halogens is 1. The first kappa shape index (κ1) is 22.5. The summed E-state index contributed by atoms with van der Waals surface area (Å²) in [5.74, 6) is 0.669. The monoisotopic (exact) mass is 459 g/mol. The zero-order chi connectivity index (χ0) is 23.3. The standard InChI is InChI=1S/C28H30FN3O2/c29-24-11-3-2-10-23(24)27-20-31(19-22-8-1-4-13-26(22)34-27)17-14-28(33)32-16-6-5-12-25(32)21-9-7-15-30-18-21/h1-4,7-11,13,15,18,25,27H,5-6,12,14,16-17,19-20H2/t25-,27-/m1/s1. The highest BCUT2D eigenvalue weighted by atomic mass is 19.1. The Bertz CT molecular complexity index is 1120. The largest absolute Gasteiger partial charge is 0.484 e. The van der Waals surface area contributed by atoms with Gasteiger partial charge in [-0.15, -0.1) is 0 Å². The summed E-state index contributed by atoms with van der Waals surface area (Å²) in [5, 5.41) is 0. The van der Waals surface area contributed by atoms with Crippen molar-refractivity contribution in [2.75, 3.05) is 19.6 Å². The molecule has 1 aromatic heterocycles. The highest BCUT2D eigenvalue weighted by molar-refractivity contribution is 5.77. The molecular weight excluding hydrogens is 429 g/mol. The van der Waals surface area contributed by atoms with Crippen molar-refractivity contribution < 1.29 is 13.9 Å². The van der Waals surface area contributed by atoms with E-state index in [1.807, 2.05) is 47.5 Å². The van der Waals surface area contributed by atoms with Crippen LogP contribution >= 0.6 is 0 Å². The summed E-state index contributed by atoms with van der Waals surface area (Å²) in [5.41, 5.74) is 2.70. The Balaban J connectivity index is 1.32. The summed E-state index contributed by atoms with van der Waals surface area (Å²) in [7, 11) is 0. The Hall–Kier alpha value is -3.25.